The van der Waals surface area contributed by atoms with Gasteiger partial charge in [0.15, 0.2) is 0 Å². The minimum absolute atomic E-state index is 0.123. The maximum Gasteiger partial charge on any atom is 0.410 e. The number of hydrogen-bond acceptors (Lipinski definition) is 11. The van der Waals surface area contributed by atoms with Gasteiger partial charge in [0.25, 0.3) is 0 Å². The van der Waals surface area contributed by atoms with Crippen LogP contribution in [-0.4, -0.2) is 144 Å². The lowest BCUT2D eigenvalue weighted by Gasteiger charge is -2.30. The summed E-state index contributed by atoms with van der Waals surface area (Å²) in [7, 11) is -6.77. The Balaban J connectivity index is 5.57. The molecule has 0 fully saturated rings. The summed E-state index contributed by atoms with van der Waals surface area (Å²) < 4.78 is 73.6. The lowest BCUT2D eigenvalue weighted by atomic mass is 10.1. The monoisotopic (exact) mass is 1020 g/mol. The number of alkyl carbamates (subject to hydrolysis) is 1. The smallest absolute Gasteiger partial charge is 0.410 e. The van der Waals surface area contributed by atoms with Crippen LogP contribution in [0.25, 0.3) is 0 Å². The van der Waals surface area contributed by atoms with Crippen molar-refractivity contribution in [1.82, 2.24) is 29.5 Å². The van der Waals surface area contributed by atoms with E-state index in [9.17, 15) is 31.2 Å². The maximum atomic E-state index is 13.5. The maximum absolute atomic E-state index is 13.5. The Morgan fingerprint density at radius 2 is 0.710 bits per heavy atom. The fourth-order valence-electron chi connectivity index (χ4n) is 7.50. The Morgan fingerprint density at radius 3 is 1.09 bits per heavy atom. The van der Waals surface area contributed by atoms with E-state index in [1.807, 2.05) is 41.5 Å². The van der Waals surface area contributed by atoms with Crippen LogP contribution >= 0.6 is 0 Å². The van der Waals surface area contributed by atoms with Gasteiger partial charge in [-0.05, 0) is 133 Å². The summed E-state index contributed by atoms with van der Waals surface area (Å²) in [6.45, 7) is 25.0. The van der Waals surface area contributed by atoms with Crippen LogP contribution < -0.4 is 14.8 Å². The average molecular weight is 1030 g/mol. The lowest BCUT2D eigenvalue weighted by molar-refractivity contribution is 0.0204. The van der Waals surface area contributed by atoms with E-state index >= 15 is 0 Å². The molecule has 69 heavy (non-hydrogen) atoms. The highest BCUT2D eigenvalue weighted by Gasteiger charge is 2.25. The highest BCUT2D eigenvalue weighted by molar-refractivity contribution is 7.89. The quantitative estimate of drug-likeness (QED) is 0.0390. The molecule has 0 rings (SSSR count). The molecule has 0 bridgehead atoms. The highest BCUT2D eigenvalue weighted by Crippen LogP contribution is 2.15. The minimum Gasteiger partial charge on any atom is -0.444 e. The van der Waals surface area contributed by atoms with Crippen molar-refractivity contribution in [3.8, 4) is 0 Å². The third-order valence-corrected chi connectivity index (χ3v) is 14.0. The molecular formula is C51H104N6O10S2. The Bertz CT molecular complexity index is 1510. The van der Waals surface area contributed by atoms with Gasteiger partial charge < -0.3 is 34.2 Å². The van der Waals surface area contributed by atoms with Gasteiger partial charge in [0, 0.05) is 45.8 Å². The molecule has 0 heterocycles. The first kappa shape index (κ1) is 66.6. The van der Waals surface area contributed by atoms with E-state index in [1.165, 1.54) is 51.4 Å². The molecule has 0 spiro atoms. The van der Waals surface area contributed by atoms with E-state index < -0.39 is 55.1 Å². The number of hydrogen-bond donors (Lipinski definition) is 3. The highest BCUT2D eigenvalue weighted by atomic mass is 32.2. The molecule has 410 valence electrons. The van der Waals surface area contributed by atoms with Gasteiger partial charge in [-0.1, -0.05) is 104 Å². The van der Waals surface area contributed by atoms with Gasteiger partial charge in [0.1, 0.15) is 16.8 Å². The van der Waals surface area contributed by atoms with E-state index in [1.54, 1.807) is 30.6 Å². The van der Waals surface area contributed by atoms with E-state index in [4.69, 9.17) is 14.2 Å². The molecule has 0 aliphatic carbocycles. The second kappa shape index (κ2) is 37.4. The first-order valence-electron chi connectivity index (χ1n) is 26.9. The molecule has 0 saturated carbocycles. The summed E-state index contributed by atoms with van der Waals surface area (Å²) in [6.07, 6.45) is 19.4. The van der Waals surface area contributed by atoms with E-state index in [0.717, 1.165) is 38.5 Å². The lowest BCUT2D eigenvalue weighted by Crippen LogP contribution is -2.41. The predicted octanol–water partition coefficient (Wildman–Crippen LogP) is 10.7. The van der Waals surface area contributed by atoms with Crippen LogP contribution in [0.3, 0.4) is 0 Å². The molecule has 0 aliphatic heterocycles. The zero-order valence-electron chi connectivity index (χ0n) is 45.8. The normalized spacial score (nSPS) is 12.6. The molecule has 0 aromatic carbocycles. The topological polar surface area (TPSA) is 193 Å². The second-order valence-electron chi connectivity index (χ2n) is 21.7. The fourth-order valence-corrected chi connectivity index (χ4v) is 9.87. The van der Waals surface area contributed by atoms with Gasteiger partial charge in [-0.2, -0.15) is 0 Å². The number of sulfonamides is 2. The van der Waals surface area contributed by atoms with Gasteiger partial charge in [-0.15, -0.1) is 0 Å². The summed E-state index contributed by atoms with van der Waals surface area (Å²) in [4.78, 5) is 44.4. The Morgan fingerprint density at radius 1 is 0.391 bits per heavy atom. The van der Waals surface area contributed by atoms with Crippen LogP contribution in [0.2, 0.25) is 0 Å². The van der Waals surface area contributed by atoms with Gasteiger partial charge in [-0.25, -0.2) is 40.7 Å². The summed E-state index contributed by atoms with van der Waals surface area (Å²) in [5, 5.41) is 2.74. The molecule has 0 radical (unpaired) electrons. The molecule has 0 atom stereocenters. The molecule has 0 aromatic heterocycles. The number of rotatable bonds is 41. The molecule has 3 amide bonds. The van der Waals surface area contributed by atoms with Gasteiger partial charge in [0.05, 0.1) is 11.5 Å². The van der Waals surface area contributed by atoms with Crippen molar-refractivity contribution in [3.63, 3.8) is 0 Å². The molecule has 16 nitrogen and oxygen atoms in total. The van der Waals surface area contributed by atoms with Crippen LogP contribution in [0.1, 0.15) is 217 Å². The van der Waals surface area contributed by atoms with Crippen molar-refractivity contribution in [2.24, 2.45) is 0 Å². The zero-order valence-corrected chi connectivity index (χ0v) is 47.4. The van der Waals surface area contributed by atoms with Crippen molar-refractivity contribution in [1.29, 1.82) is 0 Å². The standard InChI is InChI=1S/C51H104N6O10S2/c1-12-14-16-18-20-22-24-28-44-68(61,62)53-35-31-37-55(38-32-36-54-69(63,64)45-29-25-23-21-19-17-15-13-2)39-33-43-57(48(60)67-51(9,10)11)41-27-26-40-56(47(59)66-50(6,7)8)42-30-34-52-46(58)65-49(3,4)5/h53-54H,12-45H2,1-11H3,(H,52,58). The van der Waals surface area contributed by atoms with Crippen LogP contribution in [0.5, 0.6) is 0 Å². The van der Waals surface area contributed by atoms with Crippen molar-refractivity contribution >= 4 is 38.3 Å². The second-order valence-corrected chi connectivity index (χ2v) is 25.6. The third kappa shape index (κ3) is 42.9. The van der Waals surface area contributed by atoms with E-state index in [0.29, 0.717) is 117 Å². The number of unbranched alkanes of at least 4 members (excludes halogenated alkanes) is 15. The van der Waals surface area contributed by atoms with Crippen molar-refractivity contribution in [3.05, 3.63) is 0 Å². The Hall–Kier alpha value is -2.41. The van der Waals surface area contributed by atoms with Gasteiger partial charge in [-0.3, -0.25) is 0 Å². The summed E-state index contributed by atoms with van der Waals surface area (Å²) in [5.41, 5.74) is -2.01. The SMILES string of the molecule is CCCCCCCCCCS(=O)(=O)NCCCN(CCCNS(=O)(=O)CCCCCCCCCC)CCCN(CCCCN(CCCNC(=O)OC(C)(C)C)C(=O)OC(C)(C)C)C(=O)OC(C)(C)C. The average Bonchev–Trinajstić information content (AvgIpc) is 3.22. The predicted molar refractivity (Wildman–Crippen MR) is 283 cm³/mol. The van der Waals surface area contributed by atoms with E-state index in [2.05, 4.69) is 33.5 Å². The van der Waals surface area contributed by atoms with E-state index in [-0.39, 0.29) is 11.5 Å². The van der Waals surface area contributed by atoms with Gasteiger partial charge >= 0.3 is 18.3 Å². The first-order chi connectivity index (χ1) is 32.3. The number of carbonyl (C=O) groups excluding carboxylic acids is 3. The van der Waals surface area contributed by atoms with Crippen LogP contribution in [0.15, 0.2) is 0 Å². The molecule has 0 unspecified atom stereocenters. The van der Waals surface area contributed by atoms with Crippen LogP contribution in [0.4, 0.5) is 14.4 Å². The molecular weight excluding hydrogens is 921 g/mol. The minimum atomic E-state index is -3.38. The van der Waals surface area contributed by atoms with Crippen molar-refractivity contribution < 1.29 is 45.4 Å². The summed E-state index contributed by atoms with van der Waals surface area (Å²) in [6, 6.07) is 0. The van der Waals surface area contributed by atoms with Crippen LogP contribution in [0, 0.1) is 0 Å². The fraction of sp³-hybridized carbons (Fsp3) is 0.941. The van der Waals surface area contributed by atoms with Crippen molar-refractivity contribution in [2.75, 3.05) is 77.0 Å². The number of nitrogens with one attached hydrogen (secondary N) is 3. The summed E-state index contributed by atoms with van der Waals surface area (Å²) in [5.74, 6) is 0.245. The number of nitrogens with zero attached hydrogens (tertiary/aromatic N) is 3. The zero-order chi connectivity index (χ0) is 52.2. The Kier molecular flexibility index (Phi) is 36.0. The molecule has 18 heteroatoms. The number of carbonyl (C=O) groups is 3. The number of amides is 3. The molecule has 0 aliphatic rings. The summed E-state index contributed by atoms with van der Waals surface area (Å²) >= 11 is 0. The number of ether oxygens (including phenoxy) is 3. The van der Waals surface area contributed by atoms with Crippen LogP contribution in [-0.2, 0) is 34.3 Å². The molecule has 0 saturated heterocycles. The molecule has 0 aromatic rings. The molecule has 3 N–H and O–H groups in total. The van der Waals surface area contributed by atoms with Gasteiger partial charge in [0.2, 0.25) is 20.0 Å². The largest absolute Gasteiger partial charge is 0.444 e. The van der Waals surface area contributed by atoms with Crippen molar-refractivity contribution in [2.45, 2.75) is 234 Å². The Labute approximate surface area is 422 Å². The first-order valence-corrected chi connectivity index (χ1v) is 30.2. The third-order valence-electron chi connectivity index (χ3n) is 11.1.